The Hall–Kier alpha value is -1.05. The number of hydrogen-bond donors (Lipinski definition) is 0. The van der Waals surface area contributed by atoms with E-state index in [0.717, 1.165) is 0 Å². The van der Waals surface area contributed by atoms with Gasteiger partial charge in [-0.15, -0.1) is 0 Å². The lowest BCUT2D eigenvalue weighted by atomic mass is 10.1. The van der Waals surface area contributed by atoms with E-state index in [1.54, 1.807) is 0 Å². The Morgan fingerprint density at radius 1 is 1.40 bits per heavy atom. The first-order valence-corrected chi connectivity index (χ1v) is 7.10. The van der Waals surface area contributed by atoms with Crippen LogP contribution in [0.3, 0.4) is 0 Å². The first-order chi connectivity index (χ1) is 9.44. The van der Waals surface area contributed by atoms with Gasteiger partial charge in [-0.05, 0) is 35.8 Å². The Balaban J connectivity index is 1.70. The molecule has 0 bridgehead atoms. The molecule has 1 aromatic heterocycles. The second-order valence-electron chi connectivity index (χ2n) is 5.24. The van der Waals surface area contributed by atoms with Crippen LogP contribution in [0.15, 0.2) is 21.9 Å². The monoisotopic (exact) mass is 344 g/mol. The molecule has 0 aliphatic carbocycles. The van der Waals surface area contributed by atoms with Crippen molar-refractivity contribution >= 4 is 21.6 Å². The summed E-state index contributed by atoms with van der Waals surface area (Å²) in [5.41, 5.74) is 0.710. The smallest absolute Gasteiger partial charge is 0.163 e. The van der Waals surface area contributed by atoms with Gasteiger partial charge >= 0.3 is 0 Å². The van der Waals surface area contributed by atoms with E-state index in [-0.39, 0.29) is 17.9 Å². The lowest BCUT2D eigenvalue weighted by molar-refractivity contribution is -0.153. The molecule has 1 saturated heterocycles. The SMILES string of the molecule is CC1(C)OC[C@H]([C@H]2CC(c3ncc(Br)cc3F)=NO2)O1. The molecule has 1 fully saturated rings. The summed E-state index contributed by atoms with van der Waals surface area (Å²) in [5, 5.41) is 3.93. The minimum absolute atomic E-state index is 0.204. The number of pyridine rings is 1. The fraction of sp³-hybridized carbons (Fsp3) is 0.538. The molecule has 2 atom stereocenters. The summed E-state index contributed by atoms with van der Waals surface area (Å²) in [6, 6.07) is 1.36. The molecule has 108 valence electrons. The minimum atomic E-state index is -0.613. The predicted molar refractivity (Wildman–Crippen MR) is 72.8 cm³/mol. The van der Waals surface area contributed by atoms with Crippen molar-refractivity contribution in [3.63, 3.8) is 0 Å². The second-order valence-corrected chi connectivity index (χ2v) is 6.15. The number of oxime groups is 1. The molecular formula is C13H14BrFN2O3. The Labute approximate surface area is 124 Å². The van der Waals surface area contributed by atoms with E-state index >= 15 is 0 Å². The summed E-state index contributed by atoms with van der Waals surface area (Å²) in [6.45, 7) is 4.13. The summed E-state index contributed by atoms with van der Waals surface area (Å²) in [7, 11) is 0. The Morgan fingerprint density at radius 3 is 2.85 bits per heavy atom. The Morgan fingerprint density at radius 2 is 2.20 bits per heavy atom. The molecule has 3 heterocycles. The fourth-order valence-corrected chi connectivity index (χ4v) is 2.56. The zero-order valence-electron chi connectivity index (χ0n) is 11.1. The minimum Gasteiger partial charge on any atom is -0.389 e. The third-order valence-corrected chi connectivity index (χ3v) is 3.65. The first kappa shape index (κ1) is 13.9. The van der Waals surface area contributed by atoms with Gasteiger partial charge in [-0.1, -0.05) is 5.16 Å². The van der Waals surface area contributed by atoms with E-state index in [2.05, 4.69) is 26.1 Å². The van der Waals surface area contributed by atoms with E-state index in [4.69, 9.17) is 14.3 Å². The zero-order chi connectivity index (χ0) is 14.3. The molecule has 0 aromatic carbocycles. The highest BCUT2D eigenvalue weighted by Crippen LogP contribution is 2.30. The largest absolute Gasteiger partial charge is 0.389 e. The van der Waals surface area contributed by atoms with Gasteiger partial charge in [0.25, 0.3) is 0 Å². The molecule has 20 heavy (non-hydrogen) atoms. The lowest BCUT2D eigenvalue weighted by Gasteiger charge is -2.19. The van der Waals surface area contributed by atoms with Crippen molar-refractivity contribution in [2.75, 3.05) is 6.61 Å². The predicted octanol–water partition coefficient (Wildman–Crippen LogP) is 2.63. The molecule has 1 aromatic rings. The van der Waals surface area contributed by atoms with E-state index < -0.39 is 11.6 Å². The van der Waals surface area contributed by atoms with Crippen molar-refractivity contribution in [3.8, 4) is 0 Å². The van der Waals surface area contributed by atoms with Crippen LogP contribution in [0, 0.1) is 5.82 Å². The van der Waals surface area contributed by atoms with Crippen molar-refractivity contribution in [1.82, 2.24) is 4.98 Å². The molecule has 2 aliphatic heterocycles. The van der Waals surface area contributed by atoms with Crippen LogP contribution in [0.4, 0.5) is 4.39 Å². The van der Waals surface area contributed by atoms with E-state index in [1.807, 2.05) is 13.8 Å². The highest BCUT2D eigenvalue weighted by molar-refractivity contribution is 9.10. The maximum Gasteiger partial charge on any atom is 0.163 e. The summed E-state index contributed by atoms with van der Waals surface area (Å²) in [4.78, 5) is 9.39. The third kappa shape index (κ3) is 2.70. The second kappa shape index (κ2) is 5.05. The van der Waals surface area contributed by atoms with Gasteiger partial charge in [0.05, 0.1) is 6.61 Å². The zero-order valence-corrected chi connectivity index (χ0v) is 12.7. The van der Waals surface area contributed by atoms with Crippen LogP contribution in [-0.4, -0.2) is 35.3 Å². The van der Waals surface area contributed by atoms with Gasteiger partial charge in [-0.3, -0.25) is 4.98 Å². The molecular weight excluding hydrogens is 331 g/mol. The molecule has 0 spiro atoms. The standard InChI is InChI=1S/C13H14BrFN2O3/c1-13(2)18-6-11(19-13)10-4-9(17-20-10)12-8(15)3-7(14)5-16-12/h3,5,10-11H,4,6H2,1-2H3/t10-,11-/m1/s1. The van der Waals surface area contributed by atoms with Crippen LogP contribution in [-0.2, 0) is 14.3 Å². The van der Waals surface area contributed by atoms with E-state index in [1.165, 1.54) is 12.3 Å². The van der Waals surface area contributed by atoms with Gasteiger partial charge in [0.2, 0.25) is 0 Å². The van der Waals surface area contributed by atoms with Crippen LogP contribution in [0.1, 0.15) is 26.0 Å². The molecule has 3 rings (SSSR count). The van der Waals surface area contributed by atoms with Crippen LogP contribution >= 0.6 is 15.9 Å². The third-order valence-electron chi connectivity index (χ3n) is 3.22. The van der Waals surface area contributed by atoms with Crippen LogP contribution in [0.2, 0.25) is 0 Å². The Bertz CT molecular complexity index is 565. The van der Waals surface area contributed by atoms with Crippen molar-refractivity contribution in [1.29, 1.82) is 0 Å². The molecule has 0 amide bonds. The molecule has 0 unspecified atom stereocenters. The maximum atomic E-state index is 13.8. The van der Waals surface area contributed by atoms with Gasteiger partial charge in [-0.2, -0.15) is 0 Å². The van der Waals surface area contributed by atoms with Crippen LogP contribution in [0.25, 0.3) is 0 Å². The van der Waals surface area contributed by atoms with Gasteiger partial charge in [0.15, 0.2) is 17.7 Å². The Kier molecular flexibility index (Phi) is 3.51. The summed E-state index contributed by atoms with van der Waals surface area (Å²) < 4.78 is 25.7. The average molecular weight is 345 g/mol. The molecule has 5 nitrogen and oxygen atoms in total. The highest BCUT2D eigenvalue weighted by Gasteiger charge is 2.41. The summed E-state index contributed by atoms with van der Waals surface area (Å²) in [6.07, 6.45) is 1.52. The van der Waals surface area contributed by atoms with Gasteiger partial charge < -0.3 is 14.3 Å². The number of hydrogen-bond acceptors (Lipinski definition) is 5. The van der Waals surface area contributed by atoms with Crippen molar-refractivity contribution < 1.29 is 18.7 Å². The molecule has 0 radical (unpaired) electrons. The topological polar surface area (TPSA) is 52.9 Å². The van der Waals surface area contributed by atoms with Crippen LogP contribution < -0.4 is 0 Å². The first-order valence-electron chi connectivity index (χ1n) is 6.30. The summed E-state index contributed by atoms with van der Waals surface area (Å²) in [5.74, 6) is -1.04. The summed E-state index contributed by atoms with van der Waals surface area (Å²) >= 11 is 3.17. The number of ether oxygens (including phenoxy) is 2. The fourth-order valence-electron chi connectivity index (χ4n) is 2.26. The molecule has 0 saturated carbocycles. The number of aromatic nitrogens is 1. The molecule has 0 N–H and O–H groups in total. The number of rotatable bonds is 2. The van der Waals surface area contributed by atoms with Crippen molar-refractivity contribution in [2.24, 2.45) is 5.16 Å². The molecule has 2 aliphatic rings. The van der Waals surface area contributed by atoms with E-state index in [0.29, 0.717) is 23.2 Å². The maximum absolute atomic E-state index is 13.8. The van der Waals surface area contributed by atoms with Gasteiger partial charge in [0.1, 0.15) is 17.5 Å². The van der Waals surface area contributed by atoms with Gasteiger partial charge in [0, 0.05) is 17.1 Å². The number of halogens is 2. The quantitative estimate of drug-likeness (QED) is 0.827. The molecule has 7 heteroatoms. The normalized spacial score (nSPS) is 28.3. The van der Waals surface area contributed by atoms with Crippen molar-refractivity contribution in [2.45, 2.75) is 38.3 Å². The highest BCUT2D eigenvalue weighted by atomic mass is 79.9. The average Bonchev–Trinajstić information content (AvgIpc) is 2.95. The van der Waals surface area contributed by atoms with Crippen LogP contribution in [0.5, 0.6) is 0 Å². The number of nitrogens with zero attached hydrogens (tertiary/aromatic N) is 2. The van der Waals surface area contributed by atoms with Gasteiger partial charge in [-0.25, -0.2) is 4.39 Å². The lowest BCUT2D eigenvalue weighted by Crippen LogP contribution is -2.31. The van der Waals surface area contributed by atoms with Crippen molar-refractivity contribution in [3.05, 3.63) is 28.2 Å². The van der Waals surface area contributed by atoms with E-state index in [9.17, 15) is 4.39 Å².